The first-order valence-corrected chi connectivity index (χ1v) is 9.13. The van der Waals surface area contributed by atoms with Gasteiger partial charge in [0.25, 0.3) is 0 Å². The van der Waals surface area contributed by atoms with Gasteiger partial charge in [-0.3, -0.25) is 14.4 Å². The Bertz CT molecular complexity index is 949. The molecule has 0 radical (unpaired) electrons. The summed E-state index contributed by atoms with van der Waals surface area (Å²) in [6.45, 7) is 1.74. The van der Waals surface area contributed by atoms with Crippen molar-refractivity contribution in [3.63, 3.8) is 0 Å². The van der Waals surface area contributed by atoms with Gasteiger partial charge in [0.1, 0.15) is 5.92 Å². The molecule has 2 atom stereocenters. The molecule has 2 aromatic rings. The van der Waals surface area contributed by atoms with Gasteiger partial charge in [-0.15, -0.1) is 0 Å². The molecule has 0 aromatic heterocycles. The second kappa shape index (κ2) is 8.34. The summed E-state index contributed by atoms with van der Waals surface area (Å²) in [5.41, 5.74) is 0.873. The molecule has 152 valence electrons. The third kappa shape index (κ3) is 3.33. The number of esters is 1. The Morgan fingerprint density at radius 3 is 2.14 bits per heavy atom. The van der Waals surface area contributed by atoms with Gasteiger partial charge < -0.3 is 18.9 Å². The largest absolute Gasteiger partial charge is 0.493 e. The second-order valence-corrected chi connectivity index (χ2v) is 6.41. The molecule has 3 rings (SSSR count). The number of ether oxygens (including phenoxy) is 4. The molecule has 7 nitrogen and oxygen atoms in total. The minimum Gasteiger partial charge on any atom is -0.493 e. The zero-order chi connectivity index (χ0) is 21.1. The van der Waals surface area contributed by atoms with Crippen LogP contribution in [0.25, 0.3) is 0 Å². The fourth-order valence-electron chi connectivity index (χ4n) is 3.72. The van der Waals surface area contributed by atoms with Gasteiger partial charge in [0, 0.05) is 16.7 Å². The molecule has 29 heavy (non-hydrogen) atoms. The van der Waals surface area contributed by atoms with Crippen LogP contribution in [0.4, 0.5) is 0 Å². The molecule has 0 saturated heterocycles. The monoisotopic (exact) mass is 398 g/mol. The van der Waals surface area contributed by atoms with Crippen LogP contribution in [-0.4, -0.2) is 45.5 Å². The summed E-state index contributed by atoms with van der Waals surface area (Å²) in [6.07, 6.45) is 0. The maximum absolute atomic E-state index is 13.4. The number of Topliss-reactive ketones (excluding diaryl/α,β-unsaturated/α-hetero) is 2. The minimum absolute atomic E-state index is 0.0922. The number of fused-ring (bicyclic) bond motifs is 1. The van der Waals surface area contributed by atoms with Crippen molar-refractivity contribution in [2.45, 2.75) is 12.8 Å². The van der Waals surface area contributed by atoms with Crippen LogP contribution in [0.1, 0.15) is 39.1 Å². The lowest BCUT2D eigenvalue weighted by Crippen LogP contribution is -2.30. The van der Waals surface area contributed by atoms with Crippen LogP contribution in [0, 0.1) is 5.92 Å². The highest BCUT2D eigenvalue weighted by molar-refractivity contribution is 6.20. The number of methoxy groups -OCH3 is 3. The van der Waals surface area contributed by atoms with E-state index in [9.17, 15) is 14.4 Å². The van der Waals surface area contributed by atoms with Crippen molar-refractivity contribution in [2.24, 2.45) is 5.92 Å². The molecule has 0 amide bonds. The van der Waals surface area contributed by atoms with Crippen LogP contribution in [-0.2, 0) is 9.53 Å². The van der Waals surface area contributed by atoms with Gasteiger partial charge in [-0.05, 0) is 13.0 Å². The Morgan fingerprint density at radius 2 is 1.59 bits per heavy atom. The highest BCUT2D eigenvalue weighted by Gasteiger charge is 2.51. The highest BCUT2D eigenvalue weighted by atomic mass is 16.5. The predicted molar refractivity (Wildman–Crippen MR) is 104 cm³/mol. The maximum Gasteiger partial charge on any atom is 0.317 e. The average Bonchev–Trinajstić information content (AvgIpc) is 3.04. The van der Waals surface area contributed by atoms with Crippen molar-refractivity contribution >= 4 is 17.5 Å². The number of rotatable bonds is 7. The molecular formula is C22H22O7. The number of hydrogen-bond donors (Lipinski definition) is 0. The lowest BCUT2D eigenvalue weighted by atomic mass is 9.84. The van der Waals surface area contributed by atoms with E-state index in [1.54, 1.807) is 37.3 Å². The van der Waals surface area contributed by atoms with Crippen LogP contribution < -0.4 is 14.2 Å². The number of ketones is 2. The average molecular weight is 398 g/mol. The van der Waals surface area contributed by atoms with Crippen LogP contribution in [0.2, 0.25) is 0 Å². The van der Waals surface area contributed by atoms with E-state index in [2.05, 4.69) is 0 Å². The molecule has 0 unspecified atom stereocenters. The van der Waals surface area contributed by atoms with Crippen LogP contribution in [0.3, 0.4) is 0 Å². The molecule has 7 heteroatoms. The molecule has 1 aliphatic rings. The zero-order valence-corrected chi connectivity index (χ0v) is 16.7. The summed E-state index contributed by atoms with van der Waals surface area (Å²) in [6, 6.07) is 9.97. The lowest BCUT2D eigenvalue weighted by Gasteiger charge is -2.20. The second-order valence-electron chi connectivity index (χ2n) is 6.41. The Labute approximate surface area is 168 Å². The van der Waals surface area contributed by atoms with E-state index in [0.717, 1.165) is 0 Å². The quantitative estimate of drug-likeness (QED) is 0.402. The van der Waals surface area contributed by atoms with Crippen LogP contribution >= 0.6 is 0 Å². The molecule has 2 aromatic carbocycles. The van der Waals surface area contributed by atoms with E-state index in [1.807, 2.05) is 0 Å². The topological polar surface area (TPSA) is 88.1 Å². The third-order valence-corrected chi connectivity index (χ3v) is 4.94. The summed E-state index contributed by atoms with van der Waals surface area (Å²) in [7, 11) is 4.27. The van der Waals surface area contributed by atoms with Crippen molar-refractivity contribution < 1.29 is 33.3 Å². The molecule has 0 heterocycles. The maximum atomic E-state index is 13.4. The molecule has 0 fully saturated rings. The van der Waals surface area contributed by atoms with Crippen molar-refractivity contribution in [3.05, 3.63) is 53.1 Å². The van der Waals surface area contributed by atoms with E-state index in [4.69, 9.17) is 18.9 Å². The Balaban J connectivity index is 2.27. The number of carbonyl (C=O) groups excluding carboxylic acids is 3. The van der Waals surface area contributed by atoms with Crippen LogP contribution in [0.15, 0.2) is 36.4 Å². The van der Waals surface area contributed by atoms with Gasteiger partial charge in [-0.2, -0.15) is 0 Å². The van der Waals surface area contributed by atoms with E-state index in [0.29, 0.717) is 11.1 Å². The standard InChI is InChI=1S/C22H22O7/c1-5-29-22(25)17-16(18(23)12-9-7-6-8-10-12)15-13(19(17)24)11-14(26-2)20(27-3)21(15)28-4/h6-11,16-17H,5H2,1-4H3/t16-,17+/m1/s1. The first-order chi connectivity index (χ1) is 14.0. The number of hydrogen-bond acceptors (Lipinski definition) is 7. The summed E-state index contributed by atoms with van der Waals surface area (Å²) in [4.78, 5) is 39.3. The van der Waals surface area contributed by atoms with Crippen LogP contribution in [0.5, 0.6) is 17.2 Å². The summed E-state index contributed by atoms with van der Waals surface area (Å²) >= 11 is 0. The minimum atomic E-state index is -1.30. The van der Waals surface area contributed by atoms with Crippen molar-refractivity contribution in [1.82, 2.24) is 0 Å². The first kappa shape index (κ1) is 20.4. The van der Waals surface area contributed by atoms with Gasteiger partial charge in [-0.25, -0.2) is 0 Å². The molecular weight excluding hydrogens is 376 g/mol. The summed E-state index contributed by atoms with van der Waals surface area (Å²) in [5, 5.41) is 0. The van der Waals surface area contributed by atoms with Gasteiger partial charge in [0.2, 0.25) is 5.75 Å². The highest BCUT2D eigenvalue weighted by Crippen LogP contribution is 2.52. The molecule has 1 aliphatic carbocycles. The molecule has 0 aliphatic heterocycles. The molecule has 0 spiro atoms. The summed E-state index contributed by atoms with van der Waals surface area (Å²) in [5.74, 6) is -3.31. The van der Waals surface area contributed by atoms with Crippen molar-refractivity contribution in [1.29, 1.82) is 0 Å². The SMILES string of the molecule is CCOC(=O)[C@@H]1C(=O)c2cc(OC)c(OC)c(OC)c2[C@H]1C(=O)c1ccccc1. The smallest absolute Gasteiger partial charge is 0.317 e. The lowest BCUT2D eigenvalue weighted by molar-refractivity contribution is -0.146. The van der Waals surface area contributed by atoms with Gasteiger partial charge in [0.05, 0.1) is 33.9 Å². The van der Waals surface area contributed by atoms with E-state index in [-0.39, 0.29) is 35.2 Å². The molecule has 0 saturated carbocycles. The van der Waals surface area contributed by atoms with Gasteiger partial charge in [0.15, 0.2) is 23.1 Å². The third-order valence-electron chi connectivity index (χ3n) is 4.94. The van der Waals surface area contributed by atoms with E-state index in [1.165, 1.54) is 27.4 Å². The number of benzene rings is 2. The fourth-order valence-corrected chi connectivity index (χ4v) is 3.72. The number of carbonyl (C=O) groups is 3. The van der Waals surface area contributed by atoms with Crippen molar-refractivity contribution in [2.75, 3.05) is 27.9 Å². The van der Waals surface area contributed by atoms with E-state index < -0.39 is 23.6 Å². The molecule has 0 bridgehead atoms. The van der Waals surface area contributed by atoms with Crippen molar-refractivity contribution in [3.8, 4) is 17.2 Å². The molecule has 0 N–H and O–H groups in total. The van der Waals surface area contributed by atoms with Gasteiger partial charge in [-0.1, -0.05) is 30.3 Å². The predicted octanol–water partition coefficient (Wildman–Crippen LogP) is 3.05. The van der Waals surface area contributed by atoms with E-state index >= 15 is 0 Å². The summed E-state index contributed by atoms with van der Waals surface area (Å²) < 4.78 is 21.4. The van der Waals surface area contributed by atoms with Gasteiger partial charge >= 0.3 is 5.97 Å². The zero-order valence-electron chi connectivity index (χ0n) is 16.7. The first-order valence-electron chi connectivity index (χ1n) is 9.13. The normalized spacial score (nSPS) is 17.4. The Kier molecular flexibility index (Phi) is 5.87. The fraction of sp³-hybridized carbons (Fsp3) is 0.318. The Morgan fingerprint density at radius 1 is 0.931 bits per heavy atom. The Hall–Kier alpha value is -3.35.